The number of nitrogens with zero attached hydrogens (tertiary/aromatic N) is 4. The number of hydrogen-bond donors (Lipinski definition) is 1. The molecule has 1 fully saturated rings. The van der Waals surface area contributed by atoms with Crippen molar-refractivity contribution in [2.24, 2.45) is 4.99 Å². The van der Waals surface area contributed by atoms with E-state index in [9.17, 15) is 8.42 Å². The second kappa shape index (κ2) is 11.7. The van der Waals surface area contributed by atoms with Crippen LogP contribution < -0.4 is 5.32 Å². The van der Waals surface area contributed by atoms with Crippen molar-refractivity contribution in [3.63, 3.8) is 0 Å². The van der Waals surface area contributed by atoms with Crippen LogP contribution in [0, 0.1) is 0 Å². The zero-order valence-corrected chi connectivity index (χ0v) is 17.9. The number of sulfonamides is 1. The Morgan fingerprint density at radius 3 is 2.42 bits per heavy atom. The molecule has 1 aliphatic heterocycles. The molecule has 0 aromatic heterocycles. The molecule has 1 N–H and O–H groups in total. The molecule has 0 spiro atoms. The minimum Gasteiger partial charge on any atom is -0.378 e. The summed E-state index contributed by atoms with van der Waals surface area (Å²) in [6.07, 6.45) is 0.0488. The summed E-state index contributed by atoms with van der Waals surface area (Å²) in [7, 11) is -1.18. The normalized spacial score (nSPS) is 17.3. The minimum atomic E-state index is -3.26. The van der Waals surface area contributed by atoms with Gasteiger partial charge in [-0.05, 0) is 34.4 Å². The first kappa shape index (κ1) is 23.1. The van der Waals surface area contributed by atoms with E-state index in [0.717, 1.165) is 32.1 Å². The molecule has 0 atom stereocenters. The van der Waals surface area contributed by atoms with E-state index in [1.807, 2.05) is 20.8 Å². The molecule has 0 radical (unpaired) electrons. The zero-order valence-electron chi connectivity index (χ0n) is 17.1. The molecule has 1 heterocycles. The average molecular weight is 392 g/mol. The fourth-order valence-electron chi connectivity index (χ4n) is 2.61. The molecule has 1 rings (SSSR count). The second-order valence-electron chi connectivity index (χ2n) is 6.75. The Morgan fingerprint density at radius 2 is 1.88 bits per heavy atom. The number of aliphatic imine (C=N–C) groups is 1. The van der Waals surface area contributed by atoms with Gasteiger partial charge in [0.2, 0.25) is 10.0 Å². The lowest BCUT2D eigenvalue weighted by Gasteiger charge is -2.36. The Balaban J connectivity index is 2.54. The van der Waals surface area contributed by atoms with Crippen molar-refractivity contribution in [2.45, 2.75) is 33.8 Å². The number of guanidine groups is 1. The van der Waals surface area contributed by atoms with Gasteiger partial charge in [-0.15, -0.1) is 0 Å². The highest BCUT2D eigenvalue weighted by Crippen LogP contribution is 2.09. The van der Waals surface area contributed by atoms with Gasteiger partial charge in [-0.25, -0.2) is 8.42 Å². The van der Waals surface area contributed by atoms with Crippen LogP contribution in [0.1, 0.15) is 27.7 Å². The van der Waals surface area contributed by atoms with Crippen LogP contribution in [0.3, 0.4) is 0 Å². The van der Waals surface area contributed by atoms with Crippen LogP contribution in [-0.4, -0.2) is 106 Å². The fourth-order valence-corrected chi connectivity index (χ4v) is 3.89. The van der Waals surface area contributed by atoms with Gasteiger partial charge in [0, 0.05) is 39.3 Å². The van der Waals surface area contributed by atoms with Gasteiger partial charge in [0.1, 0.15) is 0 Å². The molecule has 8 nitrogen and oxygen atoms in total. The molecule has 0 amide bonds. The highest BCUT2D eigenvalue weighted by Gasteiger charge is 2.27. The monoisotopic (exact) mass is 391 g/mol. The van der Waals surface area contributed by atoms with Gasteiger partial charge >= 0.3 is 0 Å². The molecule has 0 aromatic carbocycles. The van der Waals surface area contributed by atoms with E-state index < -0.39 is 10.0 Å². The van der Waals surface area contributed by atoms with Crippen molar-refractivity contribution in [3.8, 4) is 0 Å². The summed E-state index contributed by atoms with van der Waals surface area (Å²) in [4.78, 5) is 9.05. The maximum atomic E-state index is 12.4. The summed E-state index contributed by atoms with van der Waals surface area (Å²) in [5.41, 5.74) is 0. The molecule has 0 aliphatic carbocycles. The zero-order chi connectivity index (χ0) is 19.6. The van der Waals surface area contributed by atoms with Crippen LogP contribution in [0.25, 0.3) is 0 Å². The van der Waals surface area contributed by atoms with Gasteiger partial charge in [-0.3, -0.25) is 4.99 Å². The molecule has 1 saturated heterocycles. The van der Waals surface area contributed by atoms with Gasteiger partial charge in [0.05, 0.1) is 25.0 Å². The molecule has 0 saturated carbocycles. The van der Waals surface area contributed by atoms with Crippen LogP contribution in [0.5, 0.6) is 0 Å². The third kappa shape index (κ3) is 8.20. The SMILES string of the molecule is CCNC(=NCCN(C)CC)N1CCN(S(=O)(=O)CCOC(C)C)CC1. The fraction of sp³-hybridized carbons (Fsp3) is 0.941. The molecule has 0 unspecified atom stereocenters. The smallest absolute Gasteiger partial charge is 0.216 e. The average Bonchev–Trinajstić information content (AvgIpc) is 2.60. The Morgan fingerprint density at radius 1 is 1.23 bits per heavy atom. The van der Waals surface area contributed by atoms with E-state index >= 15 is 0 Å². The quantitative estimate of drug-likeness (QED) is 0.426. The maximum absolute atomic E-state index is 12.4. The van der Waals surface area contributed by atoms with Crippen molar-refractivity contribution in [3.05, 3.63) is 0 Å². The van der Waals surface area contributed by atoms with Crippen molar-refractivity contribution < 1.29 is 13.2 Å². The minimum absolute atomic E-state index is 0.0443. The number of likely N-dealkylation sites (N-methyl/N-ethyl adjacent to an activating group) is 1. The number of piperazine rings is 1. The van der Waals surface area contributed by atoms with Gasteiger partial charge in [0.25, 0.3) is 0 Å². The summed E-state index contributed by atoms with van der Waals surface area (Å²) >= 11 is 0. The molecular formula is C17H37N5O3S. The van der Waals surface area contributed by atoms with Gasteiger partial charge in [-0.2, -0.15) is 4.31 Å². The van der Waals surface area contributed by atoms with Gasteiger partial charge < -0.3 is 19.9 Å². The molecule has 0 aromatic rings. The first-order valence-corrected chi connectivity index (χ1v) is 11.2. The van der Waals surface area contributed by atoms with Crippen molar-refractivity contribution in [1.29, 1.82) is 0 Å². The predicted molar refractivity (Wildman–Crippen MR) is 107 cm³/mol. The van der Waals surface area contributed by atoms with E-state index in [-0.39, 0.29) is 18.5 Å². The van der Waals surface area contributed by atoms with Crippen LogP contribution in [-0.2, 0) is 14.8 Å². The first-order valence-electron chi connectivity index (χ1n) is 9.61. The summed E-state index contributed by atoms with van der Waals surface area (Å²) in [5.74, 6) is 0.917. The van der Waals surface area contributed by atoms with E-state index in [4.69, 9.17) is 4.74 Å². The largest absolute Gasteiger partial charge is 0.378 e. The summed E-state index contributed by atoms with van der Waals surface area (Å²) < 4.78 is 31.8. The van der Waals surface area contributed by atoms with Gasteiger partial charge in [-0.1, -0.05) is 6.92 Å². The predicted octanol–water partition coefficient (Wildman–Crippen LogP) is 0.276. The maximum Gasteiger partial charge on any atom is 0.216 e. The van der Waals surface area contributed by atoms with Crippen LogP contribution in [0.2, 0.25) is 0 Å². The van der Waals surface area contributed by atoms with Gasteiger partial charge in [0.15, 0.2) is 5.96 Å². The topological polar surface area (TPSA) is 77.5 Å². The Hall–Kier alpha value is -0.900. The standard InChI is InChI=1S/C17H37N5O3S/c1-6-18-17(19-8-9-20(5)7-2)21-10-12-22(13-11-21)26(23,24)15-14-25-16(3)4/h16H,6-15H2,1-5H3,(H,18,19). The molecule has 26 heavy (non-hydrogen) atoms. The molecule has 9 heteroatoms. The van der Waals surface area contributed by atoms with E-state index in [1.54, 1.807) is 4.31 Å². The molecule has 0 bridgehead atoms. The number of hydrogen-bond acceptors (Lipinski definition) is 5. The third-order valence-electron chi connectivity index (χ3n) is 4.34. The lowest BCUT2D eigenvalue weighted by atomic mass is 10.4. The Kier molecular flexibility index (Phi) is 10.4. The van der Waals surface area contributed by atoms with Crippen LogP contribution in [0.15, 0.2) is 4.99 Å². The summed E-state index contributed by atoms with van der Waals surface area (Å²) in [6.45, 7) is 14.0. The van der Waals surface area contributed by atoms with Crippen LogP contribution >= 0.6 is 0 Å². The Labute approximate surface area is 159 Å². The van der Waals surface area contributed by atoms with E-state index in [1.165, 1.54) is 0 Å². The van der Waals surface area contributed by atoms with Crippen molar-refractivity contribution >= 4 is 16.0 Å². The van der Waals surface area contributed by atoms with E-state index in [2.05, 4.69) is 34.1 Å². The highest BCUT2D eigenvalue weighted by molar-refractivity contribution is 7.89. The van der Waals surface area contributed by atoms with E-state index in [0.29, 0.717) is 26.2 Å². The lowest BCUT2D eigenvalue weighted by Crippen LogP contribution is -2.54. The molecule has 1 aliphatic rings. The summed E-state index contributed by atoms with van der Waals surface area (Å²) in [5, 5.41) is 3.31. The number of nitrogens with one attached hydrogen (secondary N) is 1. The van der Waals surface area contributed by atoms with Crippen molar-refractivity contribution in [1.82, 2.24) is 19.4 Å². The number of rotatable bonds is 10. The lowest BCUT2D eigenvalue weighted by molar-refractivity contribution is 0.0904. The van der Waals surface area contributed by atoms with Crippen molar-refractivity contribution in [2.75, 3.05) is 71.8 Å². The highest BCUT2D eigenvalue weighted by atomic mass is 32.2. The third-order valence-corrected chi connectivity index (χ3v) is 6.18. The number of ether oxygens (including phenoxy) is 1. The Bertz CT molecular complexity index is 516. The molecule has 154 valence electrons. The second-order valence-corrected chi connectivity index (χ2v) is 8.84. The first-order chi connectivity index (χ1) is 12.3. The molecular weight excluding hydrogens is 354 g/mol. The summed E-state index contributed by atoms with van der Waals surface area (Å²) in [6, 6.07) is 0. The van der Waals surface area contributed by atoms with Crippen LogP contribution in [0.4, 0.5) is 0 Å².